The number of nitrogens with zero attached hydrogens (tertiary/aromatic N) is 3. The average molecular weight is 386 g/mol. The highest BCUT2D eigenvalue weighted by atomic mass is 19.4. The monoisotopic (exact) mass is 386 g/mol. The van der Waals surface area contributed by atoms with E-state index in [0.29, 0.717) is 0 Å². The number of hydrazine groups is 1. The van der Waals surface area contributed by atoms with Crippen LogP contribution in [0.15, 0.2) is 30.6 Å². The van der Waals surface area contributed by atoms with Gasteiger partial charge in [0, 0.05) is 11.2 Å². The third-order valence-electron chi connectivity index (χ3n) is 2.91. The van der Waals surface area contributed by atoms with Crippen LogP contribution in [0, 0.1) is 10.1 Å². The van der Waals surface area contributed by atoms with Gasteiger partial charge in [0.25, 0.3) is 0 Å². The van der Waals surface area contributed by atoms with Crippen LogP contribution >= 0.6 is 0 Å². The molecule has 0 bridgehead atoms. The minimum atomic E-state index is -4.80. The van der Waals surface area contributed by atoms with Gasteiger partial charge in [-0.05, 0) is 45.0 Å². The van der Waals surface area contributed by atoms with Crippen LogP contribution in [0.1, 0.15) is 20.8 Å². The van der Waals surface area contributed by atoms with Gasteiger partial charge in [-0.1, -0.05) is 0 Å². The molecule has 0 saturated carbocycles. The number of anilines is 3. The van der Waals surface area contributed by atoms with Crippen molar-refractivity contribution in [2.24, 2.45) is 0 Å². The molecule has 0 saturated heterocycles. The number of hydrogen-bond donors (Lipinski definition) is 3. The Bertz CT molecular complexity index is 806. The van der Waals surface area contributed by atoms with Gasteiger partial charge in [-0.3, -0.25) is 15.5 Å². The van der Waals surface area contributed by atoms with Crippen molar-refractivity contribution >= 4 is 23.0 Å². The molecule has 0 unspecified atom stereocenters. The third-order valence-corrected chi connectivity index (χ3v) is 2.91. The highest BCUT2D eigenvalue weighted by Crippen LogP contribution is 2.32. The summed E-state index contributed by atoms with van der Waals surface area (Å²) in [6.07, 6.45) is -3.69. The van der Waals surface area contributed by atoms with Crippen LogP contribution in [0.25, 0.3) is 0 Å². The molecule has 0 fully saturated rings. The lowest BCUT2D eigenvalue weighted by molar-refractivity contribution is -0.383. The lowest BCUT2D eigenvalue weighted by atomic mass is 10.1. The zero-order valence-electron chi connectivity index (χ0n) is 14.6. The van der Waals surface area contributed by atoms with Gasteiger partial charge in [-0.15, -0.1) is 13.2 Å². The summed E-state index contributed by atoms with van der Waals surface area (Å²) in [5.74, 6) is -0.607. The molecule has 0 aliphatic rings. The van der Waals surface area contributed by atoms with E-state index >= 15 is 0 Å². The fraction of sp³-hybridized carbons (Fsp3) is 0.333. The van der Waals surface area contributed by atoms with Crippen LogP contribution in [0.5, 0.6) is 5.75 Å². The van der Waals surface area contributed by atoms with Gasteiger partial charge in [-0.25, -0.2) is 15.4 Å². The number of nitro groups is 1. The van der Waals surface area contributed by atoms with E-state index in [1.54, 1.807) is 0 Å². The molecule has 2 rings (SSSR count). The standard InChI is InChI=1S/C15H17F3N6O3/c1-14(2,3)23-22-13-11(24(25)26)12(19-8-20-13)21-9-4-6-10(7-5-9)27-15(16,17)18/h4-8,23H,1-3H3,(H2,19,20,21,22). The largest absolute Gasteiger partial charge is 0.573 e. The van der Waals surface area contributed by atoms with Gasteiger partial charge in [0.1, 0.15) is 12.1 Å². The van der Waals surface area contributed by atoms with Crippen molar-refractivity contribution < 1.29 is 22.8 Å². The first-order valence-electron chi connectivity index (χ1n) is 7.60. The van der Waals surface area contributed by atoms with Crippen molar-refractivity contribution in [1.29, 1.82) is 0 Å². The number of nitrogens with one attached hydrogen (secondary N) is 3. The number of hydrogen-bond acceptors (Lipinski definition) is 8. The summed E-state index contributed by atoms with van der Waals surface area (Å²) in [7, 11) is 0. The quantitative estimate of drug-likeness (QED) is 0.508. The Morgan fingerprint density at radius 2 is 1.67 bits per heavy atom. The number of halogens is 3. The molecule has 0 amide bonds. The maximum Gasteiger partial charge on any atom is 0.573 e. The fourth-order valence-electron chi connectivity index (χ4n) is 1.86. The van der Waals surface area contributed by atoms with E-state index in [1.807, 2.05) is 20.8 Å². The molecule has 0 aliphatic heterocycles. The van der Waals surface area contributed by atoms with E-state index in [9.17, 15) is 23.3 Å². The summed E-state index contributed by atoms with van der Waals surface area (Å²) in [5, 5.41) is 14.1. The maximum atomic E-state index is 12.2. The van der Waals surface area contributed by atoms with Crippen molar-refractivity contribution in [3.8, 4) is 5.75 Å². The first-order valence-corrected chi connectivity index (χ1v) is 7.60. The molecule has 146 valence electrons. The van der Waals surface area contributed by atoms with E-state index in [4.69, 9.17) is 0 Å². The van der Waals surface area contributed by atoms with Crippen molar-refractivity contribution in [3.05, 3.63) is 40.7 Å². The predicted molar refractivity (Wildman–Crippen MR) is 91.6 cm³/mol. The van der Waals surface area contributed by atoms with Crippen molar-refractivity contribution in [1.82, 2.24) is 15.4 Å². The van der Waals surface area contributed by atoms with Gasteiger partial charge in [-0.2, -0.15) is 0 Å². The van der Waals surface area contributed by atoms with Gasteiger partial charge >= 0.3 is 12.0 Å². The van der Waals surface area contributed by atoms with E-state index in [1.165, 1.54) is 12.1 Å². The van der Waals surface area contributed by atoms with Crippen LogP contribution in [-0.2, 0) is 0 Å². The number of aromatic nitrogens is 2. The number of benzene rings is 1. The molecule has 12 heteroatoms. The second kappa shape index (κ2) is 7.61. The first-order chi connectivity index (χ1) is 12.4. The topological polar surface area (TPSA) is 114 Å². The Labute approximate surface area is 152 Å². The molecule has 1 aromatic carbocycles. The smallest absolute Gasteiger partial charge is 0.406 e. The van der Waals surface area contributed by atoms with Crippen LogP contribution in [0.2, 0.25) is 0 Å². The molecular formula is C15H17F3N6O3. The molecule has 2 aromatic rings. The molecule has 3 N–H and O–H groups in total. The molecule has 27 heavy (non-hydrogen) atoms. The van der Waals surface area contributed by atoms with E-state index in [-0.39, 0.29) is 22.9 Å². The zero-order chi connectivity index (χ0) is 20.2. The average Bonchev–Trinajstić information content (AvgIpc) is 2.52. The SMILES string of the molecule is CC(C)(C)NNc1ncnc(Nc2ccc(OC(F)(F)F)cc2)c1[N+](=O)[O-]. The predicted octanol–water partition coefficient (Wildman–Crippen LogP) is 3.74. The molecule has 1 aromatic heterocycles. The number of ether oxygens (including phenoxy) is 1. The Balaban J connectivity index is 2.24. The first kappa shape index (κ1) is 20.2. The Kier molecular flexibility index (Phi) is 5.69. The highest BCUT2D eigenvalue weighted by Gasteiger charge is 2.31. The molecule has 9 nitrogen and oxygen atoms in total. The molecule has 0 spiro atoms. The summed E-state index contributed by atoms with van der Waals surface area (Å²) in [4.78, 5) is 18.5. The Hall–Kier alpha value is -3.15. The summed E-state index contributed by atoms with van der Waals surface area (Å²) >= 11 is 0. The van der Waals surface area contributed by atoms with Gasteiger partial charge < -0.3 is 10.1 Å². The minimum absolute atomic E-state index is 0.0653. The molecule has 1 heterocycles. The maximum absolute atomic E-state index is 12.2. The highest BCUT2D eigenvalue weighted by molar-refractivity contribution is 5.73. The molecular weight excluding hydrogens is 369 g/mol. The van der Waals surface area contributed by atoms with Gasteiger partial charge in [0.05, 0.1) is 4.92 Å². The lowest BCUT2D eigenvalue weighted by Crippen LogP contribution is -2.40. The zero-order valence-corrected chi connectivity index (χ0v) is 14.6. The third kappa shape index (κ3) is 6.26. The minimum Gasteiger partial charge on any atom is -0.406 e. The van der Waals surface area contributed by atoms with Crippen molar-refractivity contribution in [2.75, 3.05) is 10.7 Å². The van der Waals surface area contributed by atoms with Gasteiger partial charge in [0.15, 0.2) is 0 Å². The van der Waals surface area contributed by atoms with Crippen LogP contribution < -0.4 is 20.9 Å². The number of rotatable bonds is 6. The van der Waals surface area contributed by atoms with Crippen LogP contribution in [-0.4, -0.2) is 26.8 Å². The lowest BCUT2D eigenvalue weighted by Gasteiger charge is -2.21. The molecule has 0 atom stereocenters. The van der Waals surface area contributed by atoms with E-state index in [0.717, 1.165) is 18.5 Å². The molecule has 0 aliphatic carbocycles. The van der Waals surface area contributed by atoms with Crippen molar-refractivity contribution in [2.45, 2.75) is 32.7 Å². The van der Waals surface area contributed by atoms with E-state index < -0.39 is 22.7 Å². The number of alkyl halides is 3. The summed E-state index contributed by atoms with van der Waals surface area (Å²) in [5.41, 5.74) is 4.99. The van der Waals surface area contributed by atoms with Crippen LogP contribution in [0.3, 0.4) is 0 Å². The normalized spacial score (nSPS) is 11.8. The second-order valence-corrected chi connectivity index (χ2v) is 6.37. The molecule has 0 radical (unpaired) electrons. The summed E-state index contributed by atoms with van der Waals surface area (Å²) in [6, 6.07) is 4.69. The van der Waals surface area contributed by atoms with E-state index in [2.05, 4.69) is 30.9 Å². The Morgan fingerprint density at radius 1 is 1.07 bits per heavy atom. The second-order valence-electron chi connectivity index (χ2n) is 6.37. The van der Waals surface area contributed by atoms with Gasteiger partial charge in [0.2, 0.25) is 11.6 Å². The fourth-order valence-corrected chi connectivity index (χ4v) is 1.86. The van der Waals surface area contributed by atoms with Crippen LogP contribution in [0.4, 0.5) is 36.2 Å². The summed E-state index contributed by atoms with van der Waals surface area (Å²) < 4.78 is 40.3. The van der Waals surface area contributed by atoms with Crippen molar-refractivity contribution in [3.63, 3.8) is 0 Å². The Morgan fingerprint density at radius 3 is 2.19 bits per heavy atom. The summed E-state index contributed by atoms with van der Waals surface area (Å²) in [6.45, 7) is 5.53.